The van der Waals surface area contributed by atoms with Crippen molar-refractivity contribution in [2.75, 3.05) is 26.2 Å². The second-order valence-electron chi connectivity index (χ2n) is 5.92. The Balaban J connectivity index is 2.09. The van der Waals surface area contributed by atoms with Gasteiger partial charge in [0.25, 0.3) is 10.0 Å². The highest BCUT2D eigenvalue weighted by atomic mass is 32.2. The lowest BCUT2D eigenvalue weighted by Crippen LogP contribution is -2.30. The van der Waals surface area contributed by atoms with Crippen molar-refractivity contribution in [3.8, 4) is 0 Å². The molecule has 126 valence electrons. The number of benzene rings is 1. The number of likely N-dealkylation sites (tertiary alicyclic amines) is 1. The SMILES string of the molecule is C=CCN(/C=C/CN1CCCCC1)S(=O)(=O)c1ccc(C)cc1. The molecular weight excluding hydrogens is 308 g/mol. The van der Waals surface area contributed by atoms with Gasteiger partial charge in [-0.05, 0) is 45.0 Å². The number of nitrogens with zero attached hydrogens (tertiary/aromatic N) is 2. The van der Waals surface area contributed by atoms with E-state index in [-0.39, 0.29) is 6.54 Å². The molecule has 1 aliphatic heterocycles. The number of piperidine rings is 1. The lowest BCUT2D eigenvalue weighted by Gasteiger charge is -2.25. The van der Waals surface area contributed by atoms with Gasteiger partial charge in [0.15, 0.2) is 0 Å². The molecule has 0 aromatic heterocycles. The summed E-state index contributed by atoms with van der Waals surface area (Å²) in [5.41, 5.74) is 1.04. The lowest BCUT2D eigenvalue weighted by molar-refractivity contribution is 0.251. The zero-order chi connectivity index (χ0) is 16.7. The Labute approximate surface area is 140 Å². The van der Waals surface area contributed by atoms with Gasteiger partial charge in [-0.2, -0.15) is 0 Å². The molecule has 0 atom stereocenters. The third kappa shape index (κ3) is 4.94. The van der Waals surface area contributed by atoms with Crippen LogP contribution in [0, 0.1) is 6.92 Å². The van der Waals surface area contributed by atoms with E-state index in [0.29, 0.717) is 4.90 Å². The molecule has 0 amide bonds. The van der Waals surface area contributed by atoms with Crippen LogP contribution in [0.5, 0.6) is 0 Å². The molecule has 0 unspecified atom stereocenters. The van der Waals surface area contributed by atoms with E-state index < -0.39 is 10.0 Å². The Kier molecular flexibility index (Phi) is 6.42. The average Bonchev–Trinajstić information content (AvgIpc) is 2.55. The van der Waals surface area contributed by atoms with Gasteiger partial charge in [-0.3, -0.25) is 9.21 Å². The maximum atomic E-state index is 12.7. The number of aryl methyl sites for hydroxylation is 1. The van der Waals surface area contributed by atoms with Crippen LogP contribution in [0.3, 0.4) is 0 Å². The van der Waals surface area contributed by atoms with E-state index >= 15 is 0 Å². The summed E-state index contributed by atoms with van der Waals surface area (Å²) in [6.45, 7) is 8.86. The van der Waals surface area contributed by atoms with Gasteiger partial charge in [-0.1, -0.05) is 36.3 Å². The third-order valence-corrected chi connectivity index (χ3v) is 5.78. The van der Waals surface area contributed by atoms with E-state index in [2.05, 4.69) is 11.5 Å². The standard InChI is InChI=1S/C18H26N2O2S/c1-3-12-20(16-7-15-19-13-5-4-6-14-19)23(21,22)18-10-8-17(2)9-11-18/h3,7-11,16H,1,4-6,12-15H2,2H3/b16-7+. The lowest BCUT2D eigenvalue weighted by atomic mass is 10.1. The predicted molar refractivity (Wildman–Crippen MR) is 94.7 cm³/mol. The number of hydrogen-bond donors (Lipinski definition) is 0. The summed E-state index contributed by atoms with van der Waals surface area (Å²) in [5.74, 6) is 0. The van der Waals surface area contributed by atoms with Crippen LogP contribution in [0.15, 0.2) is 54.1 Å². The van der Waals surface area contributed by atoms with Gasteiger partial charge in [0.1, 0.15) is 0 Å². The molecule has 0 N–H and O–H groups in total. The minimum atomic E-state index is -3.53. The molecule has 1 aromatic rings. The summed E-state index contributed by atoms with van der Waals surface area (Å²) in [6, 6.07) is 6.94. The number of sulfonamides is 1. The summed E-state index contributed by atoms with van der Waals surface area (Å²) in [5, 5.41) is 0. The molecule has 4 nitrogen and oxygen atoms in total. The maximum absolute atomic E-state index is 12.7. The molecule has 2 rings (SSSR count). The molecule has 1 aliphatic rings. The zero-order valence-corrected chi connectivity index (χ0v) is 14.6. The first kappa shape index (κ1) is 17.8. The molecule has 0 bridgehead atoms. The molecular formula is C18H26N2O2S. The molecule has 23 heavy (non-hydrogen) atoms. The Bertz CT molecular complexity index is 629. The largest absolute Gasteiger partial charge is 0.300 e. The normalized spacial score (nSPS) is 16.6. The smallest absolute Gasteiger partial charge is 0.264 e. The topological polar surface area (TPSA) is 40.6 Å². The monoisotopic (exact) mass is 334 g/mol. The summed E-state index contributed by atoms with van der Waals surface area (Å²) in [4.78, 5) is 2.66. The molecule has 1 saturated heterocycles. The zero-order valence-electron chi connectivity index (χ0n) is 13.8. The fourth-order valence-electron chi connectivity index (χ4n) is 2.67. The highest BCUT2D eigenvalue weighted by Gasteiger charge is 2.20. The molecule has 0 saturated carbocycles. The fraction of sp³-hybridized carbons (Fsp3) is 0.444. The van der Waals surface area contributed by atoms with Crippen molar-refractivity contribution in [1.82, 2.24) is 9.21 Å². The number of hydrogen-bond acceptors (Lipinski definition) is 3. The molecule has 0 radical (unpaired) electrons. The second kappa shape index (κ2) is 8.31. The second-order valence-corrected chi connectivity index (χ2v) is 7.81. The van der Waals surface area contributed by atoms with Crippen LogP contribution in [-0.2, 0) is 10.0 Å². The first-order valence-corrected chi connectivity index (χ1v) is 9.56. The number of rotatable bonds is 7. The van der Waals surface area contributed by atoms with Crippen LogP contribution in [-0.4, -0.2) is 43.8 Å². The Morgan fingerprint density at radius 1 is 1.17 bits per heavy atom. The predicted octanol–water partition coefficient (Wildman–Crippen LogP) is 3.17. The first-order valence-electron chi connectivity index (χ1n) is 8.12. The highest BCUT2D eigenvalue weighted by molar-refractivity contribution is 7.89. The van der Waals surface area contributed by atoms with Crippen molar-refractivity contribution in [3.63, 3.8) is 0 Å². The maximum Gasteiger partial charge on any atom is 0.264 e. The van der Waals surface area contributed by atoms with E-state index in [1.807, 2.05) is 25.1 Å². The van der Waals surface area contributed by atoms with Gasteiger partial charge >= 0.3 is 0 Å². The van der Waals surface area contributed by atoms with Crippen LogP contribution in [0.4, 0.5) is 0 Å². The average molecular weight is 334 g/mol. The fourth-order valence-corrected chi connectivity index (χ4v) is 3.97. The molecule has 1 heterocycles. The van der Waals surface area contributed by atoms with Crippen LogP contribution >= 0.6 is 0 Å². The molecule has 5 heteroatoms. The first-order chi connectivity index (χ1) is 11.0. The van der Waals surface area contributed by atoms with Crippen molar-refractivity contribution < 1.29 is 8.42 Å². The van der Waals surface area contributed by atoms with E-state index in [4.69, 9.17) is 0 Å². The van der Waals surface area contributed by atoms with E-state index in [0.717, 1.165) is 25.2 Å². The third-order valence-electron chi connectivity index (χ3n) is 4.02. The van der Waals surface area contributed by atoms with Crippen LogP contribution in [0.2, 0.25) is 0 Å². The Morgan fingerprint density at radius 3 is 2.43 bits per heavy atom. The minimum absolute atomic E-state index is 0.271. The van der Waals surface area contributed by atoms with Gasteiger partial charge in [0, 0.05) is 12.7 Å². The summed E-state index contributed by atoms with van der Waals surface area (Å²) < 4.78 is 26.8. The summed E-state index contributed by atoms with van der Waals surface area (Å²) >= 11 is 0. The molecule has 1 aromatic carbocycles. The highest BCUT2D eigenvalue weighted by Crippen LogP contribution is 2.17. The van der Waals surface area contributed by atoms with E-state index in [9.17, 15) is 8.42 Å². The minimum Gasteiger partial charge on any atom is -0.300 e. The van der Waals surface area contributed by atoms with Crippen molar-refractivity contribution >= 4 is 10.0 Å². The van der Waals surface area contributed by atoms with E-state index in [1.165, 1.54) is 23.6 Å². The molecule has 1 fully saturated rings. The van der Waals surface area contributed by atoms with Gasteiger partial charge < -0.3 is 0 Å². The van der Waals surface area contributed by atoms with Crippen LogP contribution < -0.4 is 0 Å². The van der Waals surface area contributed by atoms with Crippen LogP contribution in [0.25, 0.3) is 0 Å². The van der Waals surface area contributed by atoms with Gasteiger partial charge in [-0.15, -0.1) is 6.58 Å². The van der Waals surface area contributed by atoms with Gasteiger partial charge in [0.05, 0.1) is 11.4 Å². The van der Waals surface area contributed by atoms with E-state index in [1.54, 1.807) is 24.4 Å². The molecule has 0 spiro atoms. The van der Waals surface area contributed by atoms with Crippen molar-refractivity contribution in [2.24, 2.45) is 0 Å². The van der Waals surface area contributed by atoms with Gasteiger partial charge in [-0.25, -0.2) is 8.42 Å². The Hall–Kier alpha value is -1.59. The molecule has 0 aliphatic carbocycles. The Morgan fingerprint density at radius 2 is 1.83 bits per heavy atom. The van der Waals surface area contributed by atoms with Crippen molar-refractivity contribution in [3.05, 3.63) is 54.8 Å². The van der Waals surface area contributed by atoms with Gasteiger partial charge in [0.2, 0.25) is 0 Å². The van der Waals surface area contributed by atoms with Crippen LogP contribution in [0.1, 0.15) is 24.8 Å². The van der Waals surface area contributed by atoms with Crippen molar-refractivity contribution in [1.29, 1.82) is 0 Å². The summed E-state index contributed by atoms with van der Waals surface area (Å²) in [7, 11) is -3.53. The van der Waals surface area contributed by atoms with Crippen molar-refractivity contribution in [2.45, 2.75) is 31.1 Å². The summed E-state index contributed by atoms with van der Waals surface area (Å²) in [6.07, 6.45) is 8.96. The quantitative estimate of drug-likeness (QED) is 0.719.